The van der Waals surface area contributed by atoms with Gasteiger partial charge < -0.3 is 10.2 Å². The molecule has 1 aromatic rings. The number of amides is 1. The quantitative estimate of drug-likeness (QED) is 0.864. The van der Waals surface area contributed by atoms with Crippen molar-refractivity contribution < 1.29 is 9.59 Å². The van der Waals surface area contributed by atoms with Crippen molar-refractivity contribution >= 4 is 17.4 Å². The number of nitrogens with zero attached hydrogens (tertiary/aromatic N) is 2. The third-order valence-electron chi connectivity index (χ3n) is 4.06. The molecule has 2 rings (SSSR count). The Bertz CT molecular complexity index is 611. The minimum atomic E-state index is -0.00895. The number of nitrogens with one attached hydrogen (secondary N) is 1. The Morgan fingerprint density at radius 1 is 1.36 bits per heavy atom. The Morgan fingerprint density at radius 3 is 2.59 bits per heavy atom. The van der Waals surface area contributed by atoms with Gasteiger partial charge in [0.25, 0.3) is 0 Å². The molecule has 1 heterocycles. The summed E-state index contributed by atoms with van der Waals surface area (Å²) in [6, 6.07) is 7.26. The molecule has 0 saturated carbocycles. The van der Waals surface area contributed by atoms with Gasteiger partial charge in [0, 0.05) is 36.8 Å². The number of carbonyl (C=O) groups excluding carboxylic acids is 2. The molecule has 0 atom stereocenters. The minimum absolute atomic E-state index is 0.00895. The summed E-state index contributed by atoms with van der Waals surface area (Å²) in [5.41, 5.74) is 1.99. The van der Waals surface area contributed by atoms with E-state index in [2.05, 4.69) is 16.3 Å². The van der Waals surface area contributed by atoms with Crippen LogP contribution in [0.5, 0.6) is 0 Å². The molecule has 1 fully saturated rings. The van der Waals surface area contributed by atoms with Crippen molar-refractivity contribution in [2.45, 2.75) is 26.7 Å². The van der Waals surface area contributed by atoms with Gasteiger partial charge in [-0.05, 0) is 44.9 Å². The van der Waals surface area contributed by atoms with Crippen LogP contribution in [0.4, 0.5) is 5.69 Å². The highest BCUT2D eigenvalue weighted by molar-refractivity contribution is 6.00. The number of Topliss-reactive ketones (excluding diaryl/α,β-unsaturated/α-hetero) is 1. The van der Waals surface area contributed by atoms with E-state index in [9.17, 15) is 9.59 Å². The van der Waals surface area contributed by atoms with E-state index in [1.54, 1.807) is 18.2 Å². The number of anilines is 1. The van der Waals surface area contributed by atoms with E-state index in [1.807, 2.05) is 6.92 Å². The summed E-state index contributed by atoms with van der Waals surface area (Å²) < 4.78 is 0. The molecule has 0 aliphatic carbocycles. The summed E-state index contributed by atoms with van der Waals surface area (Å²) in [6.45, 7) is 5.54. The van der Waals surface area contributed by atoms with E-state index in [0.29, 0.717) is 17.7 Å². The molecule has 5 nitrogen and oxygen atoms in total. The number of nitriles is 1. The van der Waals surface area contributed by atoms with Crippen molar-refractivity contribution in [3.8, 4) is 6.07 Å². The molecule has 0 aromatic heterocycles. The molecule has 1 saturated heterocycles. The maximum absolute atomic E-state index is 11.9. The van der Waals surface area contributed by atoms with E-state index < -0.39 is 0 Å². The molecule has 1 amide bonds. The summed E-state index contributed by atoms with van der Waals surface area (Å²) in [5, 5.41) is 11.9. The zero-order valence-electron chi connectivity index (χ0n) is 13.1. The Labute approximate surface area is 130 Å². The fourth-order valence-electron chi connectivity index (χ4n) is 2.86. The number of rotatable bonds is 4. The van der Waals surface area contributed by atoms with Gasteiger partial charge in [0.1, 0.15) is 0 Å². The van der Waals surface area contributed by atoms with Crippen LogP contribution in [0.1, 0.15) is 42.6 Å². The predicted molar refractivity (Wildman–Crippen MR) is 84.8 cm³/mol. The van der Waals surface area contributed by atoms with Crippen LogP contribution < -0.4 is 10.2 Å². The molecular weight excluding hydrogens is 278 g/mol. The van der Waals surface area contributed by atoms with Crippen LogP contribution in [0.25, 0.3) is 0 Å². The SMILES string of the molecule is CCNC(=O)C1CCN(c2cc(C#N)ccc2C(C)=O)CC1. The van der Waals surface area contributed by atoms with Crippen LogP contribution in [0.2, 0.25) is 0 Å². The molecule has 0 bridgehead atoms. The van der Waals surface area contributed by atoms with E-state index in [4.69, 9.17) is 5.26 Å². The van der Waals surface area contributed by atoms with Crippen LogP contribution in [0, 0.1) is 17.2 Å². The summed E-state index contributed by atoms with van der Waals surface area (Å²) in [7, 11) is 0. The van der Waals surface area contributed by atoms with Crippen molar-refractivity contribution in [1.82, 2.24) is 5.32 Å². The summed E-state index contributed by atoms with van der Waals surface area (Å²) in [6.07, 6.45) is 1.53. The molecule has 1 N–H and O–H groups in total. The van der Waals surface area contributed by atoms with Gasteiger partial charge in [-0.15, -0.1) is 0 Å². The molecule has 0 spiro atoms. The zero-order valence-corrected chi connectivity index (χ0v) is 13.1. The van der Waals surface area contributed by atoms with Gasteiger partial charge in [0.05, 0.1) is 11.6 Å². The van der Waals surface area contributed by atoms with Crippen molar-refractivity contribution in [3.63, 3.8) is 0 Å². The second-order valence-electron chi connectivity index (χ2n) is 5.56. The van der Waals surface area contributed by atoms with E-state index >= 15 is 0 Å². The summed E-state index contributed by atoms with van der Waals surface area (Å²) >= 11 is 0. The zero-order chi connectivity index (χ0) is 16.1. The Hall–Kier alpha value is -2.35. The molecule has 1 aliphatic rings. The Kier molecular flexibility index (Phi) is 5.16. The number of hydrogen-bond acceptors (Lipinski definition) is 4. The second kappa shape index (κ2) is 7.08. The standard InChI is InChI=1S/C17H21N3O2/c1-3-19-17(22)14-6-8-20(9-7-14)16-10-13(11-18)4-5-15(16)12(2)21/h4-5,10,14H,3,6-9H2,1-2H3,(H,19,22). The number of hydrogen-bond donors (Lipinski definition) is 1. The predicted octanol–water partition coefficient (Wildman–Crippen LogP) is 2.11. The maximum Gasteiger partial charge on any atom is 0.223 e. The number of ketones is 1. The molecule has 1 aromatic carbocycles. The maximum atomic E-state index is 11.9. The molecule has 0 radical (unpaired) electrons. The normalized spacial score (nSPS) is 15.2. The Balaban J connectivity index is 2.15. The second-order valence-corrected chi connectivity index (χ2v) is 5.56. The number of benzene rings is 1. The van der Waals surface area contributed by atoms with Gasteiger partial charge in [0.2, 0.25) is 5.91 Å². The lowest BCUT2D eigenvalue weighted by Gasteiger charge is -2.34. The van der Waals surface area contributed by atoms with Crippen LogP contribution in [-0.2, 0) is 4.79 Å². The lowest BCUT2D eigenvalue weighted by atomic mass is 9.94. The smallest absolute Gasteiger partial charge is 0.223 e. The van der Waals surface area contributed by atoms with Crippen molar-refractivity contribution in [2.24, 2.45) is 5.92 Å². The summed E-state index contributed by atoms with van der Waals surface area (Å²) in [5.74, 6) is 0.140. The largest absolute Gasteiger partial charge is 0.371 e. The van der Waals surface area contributed by atoms with E-state index in [-0.39, 0.29) is 17.6 Å². The van der Waals surface area contributed by atoms with Gasteiger partial charge >= 0.3 is 0 Å². The van der Waals surface area contributed by atoms with Crippen LogP contribution in [0.15, 0.2) is 18.2 Å². The van der Waals surface area contributed by atoms with E-state index in [0.717, 1.165) is 31.6 Å². The lowest BCUT2D eigenvalue weighted by Crippen LogP contribution is -2.41. The van der Waals surface area contributed by atoms with Crippen molar-refractivity contribution in [3.05, 3.63) is 29.3 Å². The van der Waals surface area contributed by atoms with Crippen LogP contribution in [0.3, 0.4) is 0 Å². The molecule has 22 heavy (non-hydrogen) atoms. The van der Waals surface area contributed by atoms with Crippen molar-refractivity contribution in [2.75, 3.05) is 24.5 Å². The minimum Gasteiger partial charge on any atom is -0.371 e. The van der Waals surface area contributed by atoms with Gasteiger partial charge in [-0.25, -0.2) is 0 Å². The lowest BCUT2D eigenvalue weighted by molar-refractivity contribution is -0.125. The van der Waals surface area contributed by atoms with E-state index in [1.165, 1.54) is 6.92 Å². The monoisotopic (exact) mass is 299 g/mol. The molecule has 5 heteroatoms. The highest BCUT2D eigenvalue weighted by atomic mass is 16.1. The highest BCUT2D eigenvalue weighted by Crippen LogP contribution is 2.28. The van der Waals surface area contributed by atoms with Gasteiger partial charge in [-0.2, -0.15) is 5.26 Å². The first kappa shape index (κ1) is 16.0. The van der Waals surface area contributed by atoms with Crippen LogP contribution >= 0.6 is 0 Å². The average molecular weight is 299 g/mol. The first-order valence-corrected chi connectivity index (χ1v) is 7.64. The van der Waals surface area contributed by atoms with Crippen LogP contribution in [-0.4, -0.2) is 31.3 Å². The highest BCUT2D eigenvalue weighted by Gasteiger charge is 2.26. The van der Waals surface area contributed by atoms with Gasteiger partial charge in [-0.3, -0.25) is 9.59 Å². The van der Waals surface area contributed by atoms with Gasteiger partial charge in [-0.1, -0.05) is 0 Å². The average Bonchev–Trinajstić information content (AvgIpc) is 2.54. The fraction of sp³-hybridized carbons (Fsp3) is 0.471. The molecule has 1 aliphatic heterocycles. The molecular formula is C17H21N3O2. The van der Waals surface area contributed by atoms with Crippen molar-refractivity contribution in [1.29, 1.82) is 5.26 Å². The number of piperidine rings is 1. The number of carbonyl (C=O) groups is 2. The fourth-order valence-corrected chi connectivity index (χ4v) is 2.86. The molecule has 0 unspecified atom stereocenters. The third kappa shape index (κ3) is 3.45. The molecule has 116 valence electrons. The topological polar surface area (TPSA) is 73.2 Å². The first-order valence-electron chi connectivity index (χ1n) is 7.64. The van der Waals surface area contributed by atoms with Gasteiger partial charge in [0.15, 0.2) is 5.78 Å². The first-order chi connectivity index (χ1) is 10.6. The summed E-state index contributed by atoms with van der Waals surface area (Å²) in [4.78, 5) is 25.8. The third-order valence-corrected chi connectivity index (χ3v) is 4.06. The Morgan fingerprint density at radius 2 is 2.05 bits per heavy atom.